The SMILES string of the molecule is CC1(C(=O)Cc2nccs2)CCNC1. The number of hydrogen-bond donors (Lipinski definition) is 1. The molecule has 0 saturated carbocycles. The Morgan fingerprint density at radius 2 is 2.64 bits per heavy atom. The number of carbonyl (C=O) groups excluding carboxylic acids is 1. The summed E-state index contributed by atoms with van der Waals surface area (Å²) in [6.07, 6.45) is 3.20. The van der Waals surface area contributed by atoms with E-state index < -0.39 is 0 Å². The predicted octanol–water partition coefficient (Wildman–Crippen LogP) is 1.25. The molecular weight excluding hydrogens is 196 g/mol. The highest BCUT2D eigenvalue weighted by atomic mass is 32.1. The third-order valence-electron chi connectivity index (χ3n) is 2.84. The van der Waals surface area contributed by atoms with Crippen molar-refractivity contribution in [2.75, 3.05) is 13.1 Å². The summed E-state index contributed by atoms with van der Waals surface area (Å²) in [6.45, 7) is 3.82. The smallest absolute Gasteiger partial charge is 0.146 e. The van der Waals surface area contributed by atoms with Gasteiger partial charge in [0.1, 0.15) is 5.78 Å². The van der Waals surface area contributed by atoms with E-state index in [1.54, 1.807) is 17.5 Å². The zero-order chi connectivity index (χ0) is 10.0. The fraction of sp³-hybridized carbons (Fsp3) is 0.600. The standard InChI is InChI=1S/C10H14N2OS/c1-10(2-3-11-7-10)8(13)6-9-12-4-5-14-9/h4-5,11H,2-3,6-7H2,1H3. The zero-order valence-electron chi connectivity index (χ0n) is 8.25. The van der Waals surface area contributed by atoms with E-state index in [1.807, 2.05) is 12.3 Å². The Labute approximate surface area is 87.6 Å². The lowest BCUT2D eigenvalue weighted by atomic mass is 9.83. The molecule has 3 nitrogen and oxygen atoms in total. The average Bonchev–Trinajstić information content (AvgIpc) is 2.76. The van der Waals surface area contributed by atoms with Gasteiger partial charge in [0.15, 0.2) is 0 Å². The molecule has 0 amide bonds. The van der Waals surface area contributed by atoms with Crippen molar-refractivity contribution in [2.24, 2.45) is 5.41 Å². The Bertz CT molecular complexity index is 315. The third kappa shape index (κ3) is 1.86. The second kappa shape index (κ2) is 3.79. The van der Waals surface area contributed by atoms with Gasteiger partial charge >= 0.3 is 0 Å². The van der Waals surface area contributed by atoms with Crippen LogP contribution in [0.2, 0.25) is 0 Å². The van der Waals surface area contributed by atoms with Gasteiger partial charge in [-0.2, -0.15) is 0 Å². The Morgan fingerprint density at radius 3 is 3.21 bits per heavy atom. The number of aromatic nitrogens is 1. The summed E-state index contributed by atoms with van der Waals surface area (Å²) in [5.74, 6) is 0.317. The van der Waals surface area contributed by atoms with Gasteiger partial charge in [0.25, 0.3) is 0 Å². The van der Waals surface area contributed by atoms with E-state index in [0.717, 1.165) is 24.5 Å². The maximum atomic E-state index is 12.0. The molecular formula is C10H14N2OS. The van der Waals surface area contributed by atoms with E-state index in [9.17, 15) is 4.79 Å². The lowest BCUT2D eigenvalue weighted by Gasteiger charge is -2.19. The fourth-order valence-corrected chi connectivity index (χ4v) is 2.36. The molecule has 0 bridgehead atoms. The van der Waals surface area contributed by atoms with E-state index in [1.165, 1.54) is 0 Å². The van der Waals surface area contributed by atoms with E-state index >= 15 is 0 Å². The summed E-state index contributed by atoms with van der Waals surface area (Å²) in [6, 6.07) is 0. The molecule has 1 aliphatic rings. The van der Waals surface area contributed by atoms with Crippen molar-refractivity contribution in [3.8, 4) is 0 Å². The number of carbonyl (C=O) groups is 1. The van der Waals surface area contributed by atoms with Crippen LogP contribution in [0.5, 0.6) is 0 Å². The second-order valence-electron chi connectivity index (χ2n) is 4.01. The maximum absolute atomic E-state index is 12.0. The molecule has 0 aliphatic carbocycles. The molecule has 1 saturated heterocycles. The molecule has 4 heteroatoms. The van der Waals surface area contributed by atoms with Crippen molar-refractivity contribution in [3.63, 3.8) is 0 Å². The van der Waals surface area contributed by atoms with Gasteiger partial charge in [0, 0.05) is 23.5 Å². The summed E-state index contributed by atoms with van der Waals surface area (Å²) in [7, 11) is 0. The van der Waals surface area contributed by atoms with Crippen molar-refractivity contribution in [3.05, 3.63) is 16.6 Å². The Balaban J connectivity index is 2.02. The van der Waals surface area contributed by atoms with Gasteiger partial charge in [-0.05, 0) is 13.0 Å². The van der Waals surface area contributed by atoms with Gasteiger partial charge in [0.05, 0.1) is 11.4 Å². The van der Waals surface area contributed by atoms with Gasteiger partial charge in [-0.1, -0.05) is 6.92 Å². The highest BCUT2D eigenvalue weighted by molar-refractivity contribution is 7.09. The first kappa shape index (κ1) is 9.80. The van der Waals surface area contributed by atoms with Crippen LogP contribution in [0.3, 0.4) is 0 Å². The van der Waals surface area contributed by atoms with Gasteiger partial charge < -0.3 is 5.32 Å². The topological polar surface area (TPSA) is 42.0 Å². The highest BCUT2D eigenvalue weighted by Crippen LogP contribution is 2.27. The monoisotopic (exact) mass is 210 g/mol. The summed E-state index contributed by atoms with van der Waals surface area (Å²) in [5, 5.41) is 6.08. The van der Waals surface area contributed by atoms with Crippen molar-refractivity contribution >= 4 is 17.1 Å². The van der Waals surface area contributed by atoms with Gasteiger partial charge in [-0.25, -0.2) is 4.98 Å². The number of thiazole rings is 1. The van der Waals surface area contributed by atoms with E-state index in [4.69, 9.17) is 0 Å². The minimum Gasteiger partial charge on any atom is -0.316 e. The van der Waals surface area contributed by atoms with Crippen LogP contribution in [0, 0.1) is 5.41 Å². The Kier molecular flexibility index (Phi) is 2.65. The van der Waals surface area contributed by atoms with E-state index in [-0.39, 0.29) is 5.41 Å². The Hall–Kier alpha value is -0.740. The molecule has 1 aliphatic heterocycles. The van der Waals surface area contributed by atoms with Gasteiger partial charge in [-0.3, -0.25) is 4.79 Å². The molecule has 1 unspecified atom stereocenters. The largest absolute Gasteiger partial charge is 0.316 e. The molecule has 0 aromatic carbocycles. The van der Waals surface area contributed by atoms with Crippen molar-refractivity contribution in [2.45, 2.75) is 19.8 Å². The number of hydrogen-bond acceptors (Lipinski definition) is 4. The second-order valence-corrected chi connectivity index (χ2v) is 4.99. The number of nitrogens with zero attached hydrogens (tertiary/aromatic N) is 1. The first-order valence-electron chi connectivity index (χ1n) is 4.83. The minimum absolute atomic E-state index is 0.161. The predicted molar refractivity (Wildman–Crippen MR) is 56.4 cm³/mol. The van der Waals surface area contributed by atoms with E-state index in [2.05, 4.69) is 10.3 Å². The molecule has 1 aromatic heterocycles. The molecule has 0 radical (unpaired) electrons. The van der Waals surface area contributed by atoms with Gasteiger partial charge in [-0.15, -0.1) is 11.3 Å². The summed E-state index contributed by atoms with van der Waals surface area (Å²) in [5.41, 5.74) is -0.161. The number of ketones is 1. The van der Waals surface area contributed by atoms with Crippen molar-refractivity contribution in [1.29, 1.82) is 0 Å². The molecule has 2 heterocycles. The molecule has 2 rings (SSSR count). The molecule has 14 heavy (non-hydrogen) atoms. The number of nitrogens with one attached hydrogen (secondary N) is 1. The number of Topliss-reactive ketones (excluding diaryl/α,β-unsaturated/α-hetero) is 1. The molecule has 1 atom stereocenters. The lowest BCUT2D eigenvalue weighted by molar-refractivity contribution is -0.126. The van der Waals surface area contributed by atoms with Crippen LogP contribution < -0.4 is 5.32 Å². The molecule has 1 aromatic rings. The molecule has 1 fully saturated rings. The van der Waals surface area contributed by atoms with Gasteiger partial charge in [0.2, 0.25) is 0 Å². The summed E-state index contributed by atoms with van der Waals surface area (Å²) in [4.78, 5) is 16.1. The van der Waals surface area contributed by atoms with Crippen LogP contribution in [-0.2, 0) is 11.2 Å². The fourth-order valence-electron chi connectivity index (χ4n) is 1.75. The summed E-state index contributed by atoms with van der Waals surface area (Å²) < 4.78 is 0. The first-order chi connectivity index (χ1) is 6.71. The van der Waals surface area contributed by atoms with Crippen LogP contribution in [0.15, 0.2) is 11.6 Å². The average molecular weight is 210 g/mol. The molecule has 0 spiro atoms. The molecule has 76 valence electrons. The molecule has 1 N–H and O–H groups in total. The maximum Gasteiger partial charge on any atom is 0.146 e. The first-order valence-corrected chi connectivity index (χ1v) is 5.71. The third-order valence-corrected chi connectivity index (χ3v) is 3.62. The summed E-state index contributed by atoms with van der Waals surface area (Å²) >= 11 is 1.56. The highest BCUT2D eigenvalue weighted by Gasteiger charge is 2.35. The van der Waals surface area contributed by atoms with Crippen LogP contribution >= 0.6 is 11.3 Å². The zero-order valence-corrected chi connectivity index (χ0v) is 9.06. The Morgan fingerprint density at radius 1 is 1.79 bits per heavy atom. The van der Waals surface area contributed by atoms with Crippen LogP contribution in [0.25, 0.3) is 0 Å². The normalized spacial score (nSPS) is 26.6. The minimum atomic E-state index is -0.161. The van der Waals surface area contributed by atoms with Crippen LogP contribution in [-0.4, -0.2) is 23.9 Å². The quantitative estimate of drug-likeness (QED) is 0.816. The van der Waals surface area contributed by atoms with Crippen LogP contribution in [0.4, 0.5) is 0 Å². The van der Waals surface area contributed by atoms with Crippen molar-refractivity contribution < 1.29 is 4.79 Å². The van der Waals surface area contributed by atoms with Crippen molar-refractivity contribution in [1.82, 2.24) is 10.3 Å². The lowest BCUT2D eigenvalue weighted by Crippen LogP contribution is -2.31. The van der Waals surface area contributed by atoms with E-state index in [0.29, 0.717) is 12.2 Å². The van der Waals surface area contributed by atoms with Crippen LogP contribution in [0.1, 0.15) is 18.4 Å². The number of rotatable bonds is 3.